The molecule has 2 saturated carbocycles. The minimum Gasteiger partial charge on any atom is -0.369 e. The average Bonchev–Trinajstić information content (AvgIpc) is 3.68. The first kappa shape index (κ1) is 25.1. The molecule has 2 saturated heterocycles. The van der Waals surface area contributed by atoms with Crippen LogP contribution in [0, 0.1) is 11.8 Å². The quantitative estimate of drug-likeness (QED) is 0.630. The average molecular weight is 496 g/mol. The van der Waals surface area contributed by atoms with Crippen molar-refractivity contribution in [3.8, 4) is 0 Å². The highest BCUT2D eigenvalue weighted by atomic mass is 16.2. The fourth-order valence-electron chi connectivity index (χ4n) is 6.81. The van der Waals surface area contributed by atoms with Crippen molar-refractivity contribution in [3.63, 3.8) is 0 Å². The van der Waals surface area contributed by atoms with Gasteiger partial charge in [0, 0.05) is 37.6 Å². The van der Waals surface area contributed by atoms with Crippen LogP contribution in [0.3, 0.4) is 0 Å². The van der Waals surface area contributed by atoms with Gasteiger partial charge in [0.15, 0.2) is 0 Å². The highest BCUT2D eigenvalue weighted by molar-refractivity contribution is 5.86. The Hall–Kier alpha value is -2.61. The Morgan fingerprint density at radius 1 is 1.00 bits per heavy atom. The zero-order chi connectivity index (χ0) is 25.5. The van der Waals surface area contributed by atoms with Crippen LogP contribution in [0.5, 0.6) is 0 Å². The molecule has 0 aromatic heterocycles. The van der Waals surface area contributed by atoms with Gasteiger partial charge in [-0.3, -0.25) is 14.5 Å². The summed E-state index contributed by atoms with van der Waals surface area (Å²) in [4.78, 5) is 46.4. The summed E-state index contributed by atoms with van der Waals surface area (Å²) in [7, 11) is 4.33. The first-order valence-corrected chi connectivity index (χ1v) is 13.6. The summed E-state index contributed by atoms with van der Waals surface area (Å²) >= 11 is 0. The molecule has 2 heterocycles. The van der Waals surface area contributed by atoms with Crippen molar-refractivity contribution in [2.24, 2.45) is 17.6 Å². The minimum absolute atomic E-state index is 0.0163. The topological polar surface area (TPSA) is 90.2 Å². The van der Waals surface area contributed by atoms with E-state index in [0.29, 0.717) is 38.4 Å². The monoisotopic (exact) mass is 495 g/mol. The molecule has 0 radical (unpaired) electrons. The van der Waals surface area contributed by atoms with E-state index in [1.165, 1.54) is 18.4 Å². The third-order valence-corrected chi connectivity index (χ3v) is 9.45. The number of hydrogen-bond donors (Lipinski definition) is 1. The van der Waals surface area contributed by atoms with Crippen molar-refractivity contribution < 1.29 is 14.4 Å². The molecule has 0 atom stereocenters. The van der Waals surface area contributed by atoms with E-state index < -0.39 is 0 Å². The SMILES string of the molecule is CN(C)[C@]1(c2ccccc2)CC[C@@]2(CC1)CN(CC(=O)N1CCC(C(N)=O)CC1)C(=O)N2CC1CC1. The lowest BCUT2D eigenvalue weighted by Crippen LogP contribution is -2.55. The van der Waals surface area contributed by atoms with Crippen molar-refractivity contribution >= 4 is 17.8 Å². The first-order valence-electron chi connectivity index (χ1n) is 13.6. The molecule has 4 aliphatic rings. The Labute approximate surface area is 214 Å². The van der Waals surface area contributed by atoms with Gasteiger partial charge in [-0.25, -0.2) is 4.79 Å². The van der Waals surface area contributed by atoms with Gasteiger partial charge in [0.2, 0.25) is 11.8 Å². The highest BCUT2D eigenvalue weighted by Gasteiger charge is 2.55. The number of nitrogens with zero attached hydrogens (tertiary/aromatic N) is 4. The van der Waals surface area contributed by atoms with Crippen LogP contribution in [0.4, 0.5) is 4.79 Å². The summed E-state index contributed by atoms with van der Waals surface area (Å²) < 4.78 is 0. The third-order valence-electron chi connectivity index (χ3n) is 9.45. The molecule has 0 bridgehead atoms. The third kappa shape index (κ3) is 4.60. The van der Waals surface area contributed by atoms with Gasteiger partial charge in [0.1, 0.15) is 6.54 Å². The molecule has 36 heavy (non-hydrogen) atoms. The molecular weight excluding hydrogens is 454 g/mol. The van der Waals surface area contributed by atoms with Crippen LogP contribution in [0.1, 0.15) is 56.9 Å². The second-order valence-electron chi connectivity index (χ2n) is 11.8. The van der Waals surface area contributed by atoms with Crippen molar-refractivity contribution in [3.05, 3.63) is 35.9 Å². The number of carbonyl (C=O) groups is 3. The van der Waals surface area contributed by atoms with Crippen molar-refractivity contribution in [1.82, 2.24) is 19.6 Å². The summed E-state index contributed by atoms with van der Waals surface area (Å²) in [6, 6.07) is 10.8. The van der Waals surface area contributed by atoms with Gasteiger partial charge < -0.3 is 20.4 Å². The molecule has 2 aliphatic heterocycles. The lowest BCUT2D eigenvalue weighted by molar-refractivity contribution is -0.135. The minimum atomic E-state index is -0.281. The van der Waals surface area contributed by atoms with Crippen LogP contribution < -0.4 is 5.73 Å². The standard InChI is InChI=1S/C28H41N5O3/c1-30(2)28(23-6-4-3-5-7-23)14-12-27(13-15-28)20-32(26(36)33(27)18-21-8-9-21)19-24(34)31-16-10-22(11-17-31)25(29)35/h3-7,21-22H,8-20H2,1-2H3,(H2,29,35)/t27-,28-. The summed E-state index contributed by atoms with van der Waals surface area (Å²) in [5.41, 5.74) is 6.56. The van der Waals surface area contributed by atoms with Crippen LogP contribution in [-0.2, 0) is 15.1 Å². The van der Waals surface area contributed by atoms with E-state index >= 15 is 0 Å². The highest BCUT2D eigenvalue weighted by Crippen LogP contribution is 2.49. The zero-order valence-electron chi connectivity index (χ0n) is 21.8. The van der Waals surface area contributed by atoms with E-state index in [1.807, 2.05) is 0 Å². The number of rotatable bonds is 7. The van der Waals surface area contributed by atoms with Crippen molar-refractivity contribution in [1.29, 1.82) is 0 Å². The number of hydrogen-bond acceptors (Lipinski definition) is 4. The first-order chi connectivity index (χ1) is 17.2. The van der Waals surface area contributed by atoms with E-state index in [4.69, 9.17) is 5.73 Å². The van der Waals surface area contributed by atoms with Gasteiger partial charge in [0.25, 0.3) is 0 Å². The maximum atomic E-state index is 13.7. The second-order valence-corrected chi connectivity index (χ2v) is 11.8. The Kier molecular flexibility index (Phi) is 6.74. The number of carbonyl (C=O) groups excluding carboxylic acids is 3. The molecule has 2 aliphatic carbocycles. The summed E-state index contributed by atoms with van der Waals surface area (Å²) in [5.74, 6) is 0.154. The van der Waals surface area contributed by atoms with E-state index in [9.17, 15) is 14.4 Å². The van der Waals surface area contributed by atoms with E-state index in [0.717, 1.165) is 32.2 Å². The molecule has 1 spiro atoms. The van der Waals surface area contributed by atoms with Gasteiger partial charge in [-0.2, -0.15) is 0 Å². The Morgan fingerprint density at radius 2 is 1.64 bits per heavy atom. The summed E-state index contributed by atoms with van der Waals surface area (Å²) in [6.07, 6.45) is 7.46. The number of nitrogens with two attached hydrogens (primary N) is 1. The van der Waals surface area contributed by atoms with Gasteiger partial charge in [-0.05, 0) is 76.9 Å². The number of benzene rings is 1. The molecule has 2 N–H and O–H groups in total. The van der Waals surface area contributed by atoms with Crippen LogP contribution in [0.25, 0.3) is 0 Å². The van der Waals surface area contributed by atoms with E-state index in [1.54, 1.807) is 9.80 Å². The second kappa shape index (κ2) is 9.69. The molecule has 0 unspecified atom stereocenters. The Morgan fingerprint density at radius 3 is 2.19 bits per heavy atom. The molecule has 4 fully saturated rings. The smallest absolute Gasteiger partial charge is 0.321 e. The summed E-state index contributed by atoms with van der Waals surface area (Å²) in [5, 5.41) is 0. The zero-order valence-corrected chi connectivity index (χ0v) is 21.8. The molecule has 8 heteroatoms. The van der Waals surface area contributed by atoms with Crippen molar-refractivity contribution in [2.75, 3.05) is 46.8 Å². The number of amides is 4. The van der Waals surface area contributed by atoms with Crippen LogP contribution in [0.2, 0.25) is 0 Å². The maximum Gasteiger partial charge on any atom is 0.321 e. The molecule has 1 aromatic rings. The molecule has 4 amide bonds. The van der Waals surface area contributed by atoms with Crippen LogP contribution >= 0.6 is 0 Å². The molecule has 1 aromatic carbocycles. The molecular formula is C28H41N5O3. The summed E-state index contributed by atoms with van der Waals surface area (Å²) in [6.45, 7) is 2.64. The number of likely N-dealkylation sites (tertiary alicyclic amines) is 1. The number of primary amides is 1. The van der Waals surface area contributed by atoms with Crippen molar-refractivity contribution in [2.45, 2.75) is 62.4 Å². The predicted molar refractivity (Wildman–Crippen MR) is 138 cm³/mol. The Bertz CT molecular complexity index is 976. The molecule has 8 nitrogen and oxygen atoms in total. The van der Waals surface area contributed by atoms with E-state index in [-0.39, 0.29) is 41.4 Å². The fourth-order valence-corrected chi connectivity index (χ4v) is 6.81. The van der Waals surface area contributed by atoms with Gasteiger partial charge in [-0.1, -0.05) is 30.3 Å². The number of piperidine rings is 1. The van der Waals surface area contributed by atoms with E-state index in [2.05, 4.69) is 54.2 Å². The van der Waals surface area contributed by atoms with Gasteiger partial charge in [-0.15, -0.1) is 0 Å². The lowest BCUT2D eigenvalue weighted by Gasteiger charge is -2.51. The predicted octanol–water partition coefficient (Wildman–Crippen LogP) is 2.63. The normalized spacial score (nSPS) is 29.4. The van der Waals surface area contributed by atoms with Crippen LogP contribution in [0.15, 0.2) is 30.3 Å². The fraction of sp³-hybridized carbons (Fsp3) is 0.679. The lowest BCUT2D eigenvalue weighted by atomic mass is 9.68. The maximum absolute atomic E-state index is 13.7. The molecule has 196 valence electrons. The number of urea groups is 1. The van der Waals surface area contributed by atoms with Gasteiger partial charge >= 0.3 is 6.03 Å². The molecule has 5 rings (SSSR count). The van der Waals surface area contributed by atoms with Gasteiger partial charge in [0.05, 0.1) is 5.54 Å². The Balaban J connectivity index is 1.30. The largest absolute Gasteiger partial charge is 0.369 e. The van der Waals surface area contributed by atoms with Crippen LogP contribution in [-0.4, -0.2) is 89.8 Å².